The van der Waals surface area contributed by atoms with Gasteiger partial charge in [-0.3, -0.25) is 0 Å². The maximum Gasteiger partial charge on any atom is 0.0881 e. The molecule has 1 N–H and O–H groups in total. The monoisotopic (exact) mass is 238 g/mol. The summed E-state index contributed by atoms with van der Waals surface area (Å²) in [5.74, 6) is 0. The molecule has 0 spiro atoms. The van der Waals surface area contributed by atoms with Crippen molar-refractivity contribution in [2.24, 2.45) is 0 Å². The van der Waals surface area contributed by atoms with Crippen LogP contribution < -0.4 is 5.30 Å². The maximum atomic E-state index is 10.1. The summed E-state index contributed by atoms with van der Waals surface area (Å²) >= 11 is 5.76. The fraction of sp³-hybridized carbons (Fsp3) is 0.333. The van der Waals surface area contributed by atoms with Crippen molar-refractivity contribution in [1.82, 2.24) is 0 Å². The van der Waals surface area contributed by atoms with Gasteiger partial charge in [-0.15, -0.1) is 0 Å². The standard InChI is InChI=1S/C12H15OPS/c1-10-12(2,13)8-9-14(10,15)11-6-4-3-5-7-11/h3-7,13H,1,8-9H2,2H3/t12-,14+/m1/s1. The summed E-state index contributed by atoms with van der Waals surface area (Å²) < 4.78 is 0. The van der Waals surface area contributed by atoms with Gasteiger partial charge >= 0.3 is 0 Å². The lowest BCUT2D eigenvalue weighted by atomic mass is 10.1. The Kier molecular flexibility index (Phi) is 2.62. The van der Waals surface area contributed by atoms with Crippen molar-refractivity contribution < 1.29 is 5.11 Å². The molecule has 1 fully saturated rings. The van der Waals surface area contributed by atoms with E-state index in [0.29, 0.717) is 0 Å². The predicted octanol–water partition coefficient (Wildman–Crippen LogP) is 2.46. The number of hydrogen-bond donors (Lipinski definition) is 1. The van der Waals surface area contributed by atoms with Gasteiger partial charge < -0.3 is 5.11 Å². The first-order valence-electron chi connectivity index (χ1n) is 5.04. The number of aliphatic hydroxyl groups is 1. The van der Waals surface area contributed by atoms with Crippen LogP contribution in [0, 0.1) is 0 Å². The fourth-order valence-electron chi connectivity index (χ4n) is 2.00. The van der Waals surface area contributed by atoms with E-state index in [1.807, 2.05) is 25.1 Å². The zero-order chi connectivity index (χ0) is 11.1. The van der Waals surface area contributed by atoms with E-state index in [4.69, 9.17) is 11.8 Å². The van der Waals surface area contributed by atoms with Crippen LogP contribution in [0.5, 0.6) is 0 Å². The third-order valence-corrected chi connectivity index (χ3v) is 8.33. The second-order valence-corrected chi connectivity index (χ2v) is 9.12. The van der Waals surface area contributed by atoms with Crippen molar-refractivity contribution in [3.63, 3.8) is 0 Å². The van der Waals surface area contributed by atoms with Crippen LogP contribution in [0.2, 0.25) is 0 Å². The van der Waals surface area contributed by atoms with Crippen LogP contribution >= 0.6 is 6.04 Å². The normalized spacial score (nSPS) is 35.7. The molecule has 2 atom stereocenters. The molecule has 0 bridgehead atoms. The van der Waals surface area contributed by atoms with Gasteiger partial charge in [0.25, 0.3) is 0 Å². The van der Waals surface area contributed by atoms with E-state index >= 15 is 0 Å². The molecule has 1 aromatic carbocycles. The Hall–Kier alpha value is -0.430. The van der Waals surface area contributed by atoms with E-state index in [0.717, 1.165) is 17.9 Å². The Morgan fingerprint density at radius 1 is 1.40 bits per heavy atom. The van der Waals surface area contributed by atoms with E-state index < -0.39 is 11.6 Å². The molecule has 0 radical (unpaired) electrons. The molecule has 1 heterocycles. The molecule has 0 aromatic heterocycles. The van der Waals surface area contributed by atoms with Crippen molar-refractivity contribution in [3.05, 3.63) is 42.2 Å². The first-order chi connectivity index (χ1) is 6.97. The number of hydrogen-bond acceptors (Lipinski definition) is 2. The van der Waals surface area contributed by atoms with Gasteiger partial charge in [-0.25, -0.2) is 0 Å². The van der Waals surface area contributed by atoms with E-state index in [-0.39, 0.29) is 0 Å². The van der Waals surface area contributed by atoms with Gasteiger partial charge in [0.05, 0.1) is 5.60 Å². The molecule has 0 aliphatic carbocycles. The molecule has 3 heteroatoms. The van der Waals surface area contributed by atoms with Crippen LogP contribution in [0.4, 0.5) is 0 Å². The van der Waals surface area contributed by atoms with Gasteiger partial charge in [0.2, 0.25) is 0 Å². The largest absolute Gasteiger partial charge is 0.385 e. The molecule has 15 heavy (non-hydrogen) atoms. The molecule has 1 aromatic rings. The van der Waals surface area contributed by atoms with Gasteiger partial charge in [0.15, 0.2) is 0 Å². The third kappa shape index (κ3) is 1.71. The summed E-state index contributed by atoms with van der Waals surface area (Å²) in [5, 5.41) is 12.2. The minimum absolute atomic E-state index is 0.748. The molecule has 0 saturated carbocycles. The summed E-state index contributed by atoms with van der Waals surface area (Å²) in [6.07, 6.45) is 1.65. The van der Waals surface area contributed by atoms with E-state index in [1.165, 1.54) is 5.30 Å². The van der Waals surface area contributed by atoms with Gasteiger partial charge in [-0.2, -0.15) is 0 Å². The Bertz CT molecular complexity index is 436. The lowest BCUT2D eigenvalue weighted by Gasteiger charge is -2.23. The first kappa shape index (κ1) is 11.1. The Labute approximate surface area is 95.8 Å². The van der Waals surface area contributed by atoms with Gasteiger partial charge in [0.1, 0.15) is 0 Å². The van der Waals surface area contributed by atoms with Crippen molar-refractivity contribution in [2.45, 2.75) is 18.9 Å². The van der Waals surface area contributed by atoms with Crippen molar-refractivity contribution >= 4 is 23.1 Å². The molecule has 2 rings (SSSR count). The molecule has 0 unspecified atom stereocenters. The maximum absolute atomic E-state index is 10.1. The average Bonchev–Trinajstić information content (AvgIpc) is 2.45. The van der Waals surface area contributed by atoms with Crippen LogP contribution in [0.25, 0.3) is 0 Å². The molecule has 80 valence electrons. The lowest BCUT2D eigenvalue weighted by molar-refractivity contribution is 0.110. The second-order valence-electron chi connectivity index (χ2n) is 4.27. The third-order valence-electron chi connectivity index (χ3n) is 3.14. The summed E-state index contributed by atoms with van der Waals surface area (Å²) in [4.78, 5) is 0. The highest BCUT2D eigenvalue weighted by Gasteiger charge is 2.42. The predicted molar refractivity (Wildman–Crippen MR) is 69.6 cm³/mol. The smallest absolute Gasteiger partial charge is 0.0881 e. The molecule has 1 nitrogen and oxygen atoms in total. The summed E-state index contributed by atoms with van der Waals surface area (Å²) in [7, 11) is 0. The Balaban J connectivity index is 2.47. The molecular weight excluding hydrogens is 223 g/mol. The van der Waals surface area contributed by atoms with Crippen molar-refractivity contribution in [3.8, 4) is 0 Å². The zero-order valence-corrected chi connectivity index (χ0v) is 10.5. The van der Waals surface area contributed by atoms with Gasteiger partial charge in [0, 0.05) is 6.04 Å². The van der Waals surface area contributed by atoms with E-state index in [2.05, 4.69) is 18.7 Å². The molecule has 1 saturated heterocycles. The van der Waals surface area contributed by atoms with E-state index in [9.17, 15) is 5.11 Å². The number of benzene rings is 1. The Morgan fingerprint density at radius 2 is 2.00 bits per heavy atom. The molecule has 1 aliphatic heterocycles. The minimum Gasteiger partial charge on any atom is -0.385 e. The lowest BCUT2D eigenvalue weighted by Crippen LogP contribution is -2.21. The van der Waals surface area contributed by atoms with Gasteiger partial charge in [-0.05, 0) is 30.1 Å². The first-order valence-corrected chi connectivity index (χ1v) is 8.02. The van der Waals surface area contributed by atoms with Crippen molar-refractivity contribution in [2.75, 3.05) is 6.16 Å². The summed E-state index contributed by atoms with van der Waals surface area (Å²) in [6, 6.07) is 8.38. The zero-order valence-electron chi connectivity index (χ0n) is 8.81. The number of rotatable bonds is 1. The second kappa shape index (κ2) is 3.55. The van der Waals surface area contributed by atoms with E-state index in [1.54, 1.807) is 0 Å². The highest BCUT2D eigenvalue weighted by molar-refractivity contribution is 8.20. The highest BCUT2D eigenvalue weighted by atomic mass is 32.4. The van der Waals surface area contributed by atoms with Crippen LogP contribution in [0.1, 0.15) is 13.3 Å². The van der Waals surface area contributed by atoms with Crippen LogP contribution in [0.3, 0.4) is 0 Å². The van der Waals surface area contributed by atoms with Crippen LogP contribution in [-0.4, -0.2) is 16.9 Å². The fourth-order valence-corrected chi connectivity index (χ4v) is 6.36. The Morgan fingerprint density at radius 3 is 2.47 bits per heavy atom. The van der Waals surface area contributed by atoms with Gasteiger partial charge in [-0.1, -0.05) is 48.7 Å². The average molecular weight is 238 g/mol. The highest BCUT2D eigenvalue weighted by Crippen LogP contribution is 2.63. The quantitative estimate of drug-likeness (QED) is 0.758. The SMILES string of the molecule is C=C1[C@](C)(O)CC[P@@]1(=S)c1ccccc1. The molecule has 1 aliphatic rings. The van der Waals surface area contributed by atoms with Crippen LogP contribution in [0.15, 0.2) is 42.2 Å². The topological polar surface area (TPSA) is 20.2 Å². The molecular formula is C12H15OPS. The summed E-state index contributed by atoms with van der Waals surface area (Å²) in [5.41, 5.74) is -0.759. The van der Waals surface area contributed by atoms with Crippen LogP contribution in [-0.2, 0) is 11.8 Å². The summed E-state index contributed by atoms with van der Waals surface area (Å²) in [6.45, 7) is 5.86. The minimum atomic E-state index is -1.75. The molecule has 0 amide bonds. The van der Waals surface area contributed by atoms with Crippen molar-refractivity contribution in [1.29, 1.82) is 0 Å².